The lowest BCUT2D eigenvalue weighted by atomic mass is 10.1. The van der Waals surface area contributed by atoms with E-state index in [-0.39, 0.29) is 11.2 Å². The maximum absolute atomic E-state index is 11.8. The van der Waals surface area contributed by atoms with Gasteiger partial charge in [-0.05, 0) is 33.6 Å². The standard InChI is InChI=1S/C14H20ClN3O3S/c1-14(2,3)21-13(20)16-9-5-4-6-18(7-9)12-17-11(15)10(8-19)22-12/h8-9H,4-7H2,1-3H3,(H,16,20)/t9-/m0/s1. The van der Waals surface area contributed by atoms with Crippen LogP contribution in [0.1, 0.15) is 43.3 Å². The molecule has 1 aromatic rings. The van der Waals surface area contributed by atoms with Gasteiger partial charge in [-0.3, -0.25) is 4.79 Å². The Morgan fingerprint density at radius 1 is 1.55 bits per heavy atom. The van der Waals surface area contributed by atoms with Gasteiger partial charge in [0.1, 0.15) is 10.5 Å². The molecule has 2 rings (SSSR count). The van der Waals surface area contributed by atoms with E-state index in [1.165, 1.54) is 11.3 Å². The molecule has 0 radical (unpaired) electrons. The van der Waals surface area contributed by atoms with Gasteiger partial charge >= 0.3 is 6.09 Å². The predicted octanol–water partition coefficient (Wildman–Crippen LogP) is 3.10. The Morgan fingerprint density at radius 2 is 2.27 bits per heavy atom. The molecule has 8 heteroatoms. The lowest BCUT2D eigenvalue weighted by Crippen LogP contribution is -2.49. The van der Waals surface area contributed by atoms with E-state index in [2.05, 4.69) is 10.3 Å². The number of nitrogens with one attached hydrogen (secondary N) is 1. The second kappa shape index (κ2) is 6.83. The number of halogens is 1. The number of piperidine rings is 1. The number of alkyl carbamates (subject to hydrolysis) is 1. The largest absolute Gasteiger partial charge is 0.444 e. The van der Waals surface area contributed by atoms with E-state index in [0.717, 1.165) is 19.4 Å². The molecule has 1 amide bonds. The van der Waals surface area contributed by atoms with Crippen molar-refractivity contribution < 1.29 is 14.3 Å². The maximum atomic E-state index is 11.8. The molecule has 6 nitrogen and oxygen atoms in total. The Morgan fingerprint density at radius 3 is 2.86 bits per heavy atom. The Kier molecular flexibility index (Phi) is 5.28. The SMILES string of the molecule is CC(C)(C)OC(=O)N[C@H]1CCCN(c2nc(Cl)c(C=O)s2)C1. The average Bonchev–Trinajstić information content (AvgIpc) is 2.78. The molecular weight excluding hydrogens is 326 g/mol. The number of hydrogen-bond donors (Lipinski definition) is 1. The Bertz CT molecular complexity index is 556. The number of ether oxygens (including phenoxy) is 1. The van der Waals surface area contributed by atoms with Gasteiger partial charge in [0.25, 0.3) is 0 Å². The number of nitrogens with zero attached hydrogens (tertiary/aromatic N) is 2. The van der Waals surface area contributed by atoms with Crippen LogP contribution in [0.4, 0.5) is 9.93 Å². The zero-order valence-electron chi connectivity index (χ0n) is 12.9. The summed E-state index contributed by atoms with van der Waals surface area (Å²) in [5.74, 6) is 0. The maximum Gasteiger partial charge on any atom is 0.407 e. The zero-order valence-corrected chi connectivity index (χ0v) is 14.5. The van der Waals surface area contributed by atoms with Gasteiger partial charge in [-0.2, -0.15) is 0 Å². The van der Waals surface area contributed by atoms with E-state index in [0.29, 0.717) is 22.8 Å². The molecule has 1 aliphatic heterocycles. The first-order chi connectivity index (χ1) is 10.3. The third-order valence-electron chi connectivity index (χ3n) is 3.12. The lowest BCUT2D eigenvalue weighted by Gasteiger charge is -2.33. The molecule has 0 unspecified atom stereocenters. The quantitative estimate of drug-likeness (QED) is 0.852. The third kappa shape index (κ3) is 4.58. The smallest absolute Gasteiger partial charge is 0.407 e. The number of rotatable bonds is 3. The van der Waals surface area contributed by atoms with Crippen LogP contribution in [0.3, 0.4) is 0 Å². The molecule has 0 aliphatic carbocycles. The van der Waals surface area contributed by atoms with Crippen LogP contribution in [0, 0.1) is 0 Å². The van der Waals surface area contributed by atoms with Crippen LogP contribution in [-0.4, -0.2) is 42.1 Å². The highest BCUT2D eigenvalue weighted by Crippen LogP contribution is 2.30. The van der Waals surface area contributed by atoms with E-state index < -0.39 is 11.7 Å². The number of carbonyl (C=O) groups excluding carboxylic acids is 2. The fourth-order valence-electron chi connectivity index (χ4n) is 2.25. The fourth-order valence-corrected chi connectivity index (χ4v) is 3.35. The summed E-state index contributed by atoms with van der Waals surface area (Å²) in [6.07, 6.45) is 2.11. The van der Waals surface area contributed by atoms with E-state index in [4.69, 9.17) is 16.3 Å². The minimum Gasteiger partial charge on any atom is -0.444 e. The summed E-state index contributed by atoms with van der Waals surface area (Å²) < 4.78 is 5.27. The molecule has 1 fully saturated rings. The topological polar surface area (TPSA) is 71.5 Å². The molecular formula is C14H20ClN3O3S. The second-order valence-corrected chi connectivity index (χ2v) is 7.57. The highest BCUT2D eigenvalue weighted by Gasteiger charge is 2.26. The number of amides is 1. The van der Waals surface area contributed by atoms with Gasteiger partial charge in [-0.1, -0.05) is 22.9 Å². The van der Waals surface area contributed by atoms with Gasteiger partial charge in [-0.15, -0.1) is 0 Å². The van der Waals surface area contributed by atoms with Gasteiger partial charge in [0.2, 0.25) is 0 Å². The highest BCUT2D eigenvalue weighted by atomic mass is 35.5. The van der Waals surface area contributed by atoms with E-state index in [1.54, 1.807) is 0 Å². The summed E-state index contributed by atoms with van der Waals surface area (Å²) in [5, 5.41) is 3.83. The Balaban J connectivity index is 1.96. The second-order valence-electron chi connectivity index (χ2n) is 6.20. The van der Waals surface area contributed by atoms with Crippen molar-refractivity contribution in [3.05, 3.63) is 10.0 Å². The van der Waals surface area contributed by atoms with Gasteiger partial charge in [0, 0.05) is 19.1 Å². The van der Waals surface area contributed by atoms with Crippen molar-refractivity contribution in [2.24, 2.45) is 0 Å². The first-order valence-electron chi connectivity index (χ1n) is 7.14. The summed E-state index contributed by atoms with van der Waals surface area (Å²) in [4.78, 5) is 29.4. The Labute approximate surface area is 138 Å². The van der Waals surface area contributed by atoms with Crippen LogP contribution < -0.4 is 10.2 Å². The van der Waals surface area contributed by atoms with Crippen molar-refractivity contribution >= 4 is 40.4 Å². The summed E-state index contributed by atoms with van der Waals surface area (Å²) in [6.45, 7) is 6.95. The number of hydrogen-bond acceptors (Lipinski definition) is 6. The van der Waals surface area contributed by atoms with Crippen LogP contribution in [0.5, 0.6) is 0 Å². The van der Waals surface area contributed by atoms with Crippen molar-refractivity contribution in [3.63, 3.8) is 0 Å². The molecule has 0 spiro atoms. The molecule has 1 aliphatic rings. The molecule has 1 aromatic heterocycles. The minimum atomic E-state index is -0.514. The number of aldehydes is 1. The molecule has 22 heavy (non-hydrogen) atoms. The molecule has 0 saturated carbocycles. The number of anilines is 1. The molecule has 0 bridgehead atoms. The molecule has 0 aromatic carbocycles. The monoisotopic (exact) mass is 345 g/mol. The van der Waals surface area contributed by atoms with Crippen molar-refractivity contribution in [1.82, 2.24) is 10.3 Å². The average molecular weight is 346 g/mol. The molecule has 1 N–H and O–H groups in total. The van der Waals surface area contributed by atoms with Crippen LogP contribution in [0.25, 0.3) is 0 Å². The van der Waals surface area contributed by atoms with Crippen LogP contribution in [0.2, 0.25) is 5.15 Å². The first-order valence-corrected chi connectivity index (χ1v) is 8.34. The van der Waals surface area contributed by atoms with Crippen molar-refractivity contribution in [1.29, 1.82) is 0 Å². The fraction of sp³-hybridized carbons (Fsp3) is 0.643. The summed E-state index contributed by atoms with van der Waals surface area (Å²) in [6, 6.07) is -0.00837. The minimum absolute atomic E-state index is 0.00837. The molecule has 1 saturated heterocycles. The predicted molar refractivity (Wildman–Crippen MR) is 87.1 cm³/mol. The third-order valence-corrected chi connectivity index (χ3v) is 4.56. The van der Waals surface area contributed by atoms with E-state index in [9.17, 15) is 9.59 Å². The van der Waals surface area contributed by atoms with Crippen molar-refractivity contribution in [3.8, 4) is 0 Å². The van der Waals surface area contributed by atoms with Gasteiger partial charge < -0.3 is 15.0 Å². The summed E-state index contributed by atoms with van der Waals surface area (Å²) in [7, 11) is 0. The Hall–Kier alpha value is -1.34. The normalized spacial score (nSPS) is 18.9. The summed E-state index contributed by atoms with van der Waals surface area (Å²) in [5.41, 5.74) is -0.514. The van der Waals surface area contributed by atoms with Crippen molar-refractivity contribution in [2.45, 2.75) is 45.3 Å². The molecule has 122 valence electrons. The number of thiazole rings is 1. The lowest BCUT2D eigenvalue weighted by molar-refractivity contribution is 0.0500. The number of aromatic nitrogens is 1. The van der Waals surface area contributed by atoms with Crippen LogP contribution in [0.15, 0.2) is 0 Å². The van der Waals surface area contributed by atoms with Crippen LogP contribution >= 0.6 is 22.9 Å². The molecule has 1 atom stereocenters. The highest BCUT2D eigenvalue weighted by molar-refractivity contribution is 7.17. The van der Waals surface area contributed by atoms with Crippen LogP contribution in [-0.2, 0) is 4.74 Å². The van der Waals surface area contributed by atoms with E-state index >= 15 is 0 Å². The number of carbonyl (C=O) groups is 2. The molecule has 2 heterocycles. The van der Waals surface area contributed by atoms with E-state index in [1.807, 2.05) is 25.7 Å². The summed E-state index contributed by atoms with van der Waals surface area (Å²) >= 11 is 7.18. The zero-order chi connectivity index (χ0) is 16.3. The van der Waals surface area contributed by atoms with Gasteiger partial charge in [-0.25, -0.2) is 9.78 Å². The first kappa shape index (κ1) is 17.0. The van der Waals surface area contributed by atoms with Gasteiger partial charge in [0.15, 0.2) is 16.6 Å². The van der Waals surface area contributed by atoms with Gasteiger partial charge in [0.05, 0.1) is 0 Å². The van der Waals surface area contributed by atoms with Crippen molar-refractivity contribution in [2.75, 3.05) is 18.0 Å².